The van der Waals surface area contributed by atoms with Crippen molar-refractivity contribution in [1.82, 2.24) is 10.3 Å². The largest absolute Gasteiger partial charge is 0.358 e. The van der Waals surface area contributed by atoms with Gasteiger partial charge in [-0.25, -0.2) is 8.78 Å². The van der Waals surface area contributed by atoms with E-state index in [1.165, 1.54) is 6.07 Å². The van der Waals surface area contributed by atoms with Gasteiger partial charge >= 0.3 is 0 Å². The number of fused-ring (bicyclic) bond motifs is 2. The van der Waals surface area contributed by atoms with Gasteiger partial charge in [-0.15, -0.1) is 9.24 Å². The average molecular weight is 330 g/mol. The molecule has 0 saturated heterocycles. The molecule has 2 atom stereocenters. The van der Waals surface area contributed by atoms with Gasteiger partial charge in [0, 0.05) is 40.0 Å². The lowest BCUT2D eigenvalue weighted by atomic mass is 9.96. The number of hydrogen-bond acceptors (Lipinski definition) is 1. The average Bonchev–Trinajstić information content (AvgIpc) is 3.06. The molecule has 2 unspecified atom stereocenters. The van der Waals surface area contributed by atoms with Crippen LogP contribution in [0.4, 0.5) is 8.78 Å². The molecule has 1 aliphatic heterocycles. The monoisotopic (exact) mass is 330 g/mol. The van der Waals surface area contributed by atoms with E-state index in [-0.39, 0.29) is 11.9 Å². The van der Waals surface area contributed by atoms with Crippen LogP contribution in [0.15, 0.2) is 36.4 Å². The van der Waals surface area contributed by atoms with Gasteiger partial charge in [-0.1, -0.05) is 18.2 Å². The summed E-state index contributed by atoms with van der Waals surface area (Å²) in [5.74, 6) is -1.95. The first-order valence-corrected chi connectivity index (χ1v) is 8.01. The number of hydrogen-bond donors (Lipinski definition) is 2. The SMILES string of the molecule is O=C1NC(c2c(CP)[nH]c3cc(F)c(F)cc23)c2ccccc21. The maximum Gasteiger partial charge on any atom is 0.252 e. The van der Waals surface area contributed by atoms with Crippen LogP contribution in [0.2, 0.25) is 0 Å². The van der Waals surface area contributed by atoms with E-state index in [9.17, 15) is 13.6 Å². The van der Waals surface area contributed by atoms with Crippen molar-refractivity contribution in [2.24, 2.45) is 0 Å². The van der Waals surface area contributed by atoms with Gasteiger partial charge in [-0.05, 0) is 17.7 Å². The normalized spacial score (nSPS) is 16.7. The maximum atomic E-state index is 13.7. The topological polar surface area (TPSA) is 44.9 Å². The fraction of sp³-hybridized carbons (Fsp3) is 0.118. The Bertz CT molecular complexity index is 951. The van der Waals surface area contributed by atoms with Crippen molar-refractivity contribution in [2.75, 3.05) is 0 Å². The summed E-state index contributed by atoms with van der Waals surface area (Å²) in [6, 6.07) is 9.29. The molecule has 1 aliphatic rings. The Morgan fingerprint density at radius 2 is 1.87 bits per heavy atom. The smallest absolute Gasteiger partial charge is 0.252 e. The Labute approximate surface area is 133 Å². The molecular weight excluding hydrogens is 317 g/mol. The second-order valence-electron chi connectivity index (χ2n) is 5.53. The van der Waals surface area contributed by atoms with Gasteiger partial charge in [0.2, 0.25) is 0 Å². The molecule has 0 fully saturated rings. The molecule has 0 spiro atoms. The van der Waals surface area contributed by atoms with Crippen LogP contribution in [0.1, 0.15) is 33.2 Å². The molecule has 4 rings (SSSR count). The summed E-state index contributed by atoms with van der Waals surface area (Å²) in [4.78, 5) is 15.3. The number of amides is 1. The summed E-state index contributed by atoms with van der Waals surface area (Å²) in [6.45, 7) is 0. The lowest BCUT2D eigenvalue weighted by Crippen LogP contribution is -2.20. The number of halogens is 2. The molecule has 116 valence electrons. The van der Waals surface area contributed by atoms with E-state index in [0.717, 1.165) is 22.9 Å². The molecule has 3 aromatic rings. The van der Waals surface area contributed by atoms with Crippen LogP contribution in [0, 0.1) is 11.6 Å². The van der Waals surface area contributed by atoms with Gasteiger partial charge < -0.3 is 10.3 Å². The van der Waals surface area contributed by atoms with E-state index in [1.54, 1.807) is 6.07 Å². The fourth-order valence-electron chi connectivity index (χ4n) is 3.23. The second kappa shape index (κ2) is 5.14. The zero-order valence-corrected chi connectivity index (χ0v) is 13.1. The van der Waals surface area contributed by atoms with Crippen LogP contribution >= 0.6 is 9.24 Å². The van der Waals surface area contributed by atoms with Crippen molar-refractivity contribution in [3.05, 3.63) is 70.4 Å². The van der Waals surface area contributed by atoms with Gasteiger partial charge in [-0.3, -0.25) is 4.79 Å². The number of H-pyrrole nitrogens is 1. The summed E-state index contributed by atoms with van der Waals surface area (Å²) < 4.78 is 27.2. The Kier molecular flexibility index (Phi) is 3.20. The Morgan fingerprint density at radius 3 is 2.65 bits per heavy atom. The van der Waals surface area contributed by atoms with Crippen molar-refractivity contribution < 1.29 is 13.6 Å². The standard InChI is InChI=1S/C17H13F2N2OP/c18-11-5-10-13(6-12(11)19)20-14(7-23)15(10)16-8-3-1-2-4-9(8)17(22)21-16/h1-6,16,20H,7,23H2,(H,21,22). The molecule has 0 saturated carbocycles. The lowest BCUT2D eigenvalue weighted by molar-refractivity contribution is 0.0960. The number of nitrogens with one attached hydrogen (secondary N) is 2. The molecule has 0 radical (unpaired) electrons. The minimum atomic E-state index is -0.898. The van der Waals surface area contributed by atoms with Crippen molar-refractivity contribution in [1.29, 1.82) is 0 Å². The van der Waals surface area contributed by atoms with Crippen molar-refractivity contribution >= 4 is 26.0 Å². The molecule has 6 heteroatoms. The highest BCUT2D eigenvalue weighted by Crippen LogP contribution is 2.38. The van der Waals surface area contributed by atoms with Crippen molar-refractivity contribution in [3.63, 3.8) is 0 Å². The number of benzene rings is 2. The van der Waals surface area contributed by atoms with E-state index in [2.05, 4.69) is 19.5 Å². The Hall–Kier alpha value is -2.26. The van der Waals surface area contributed by atoms with E-state index in [1.807, 2.05) is 18.2 Å². The van der Waals surface area contributed by atoms with Gasteiger partial charge in [0.15, 0.2) is 11.6 Å². The molecular formula is C17H13F2N2OP. The number of aromatic nitrogens is 1. The molecule has 23 heavy (non-hydrogen) atoms. The van der Waals surface area contributed by atoms with Gasteiger partial charge in [0.1, 0.15) is 0 Å². The quantitative estimate of drug-likeness (QED) is 0.692. The zero-order valence-electron chi connectivity index (χ0n) is 12.0. The molecule has 2 heterocycles. The third-order valence-corrected chi connectivity index (χ3v) is 4.65. The summed E-state index contributed by atoms with van der Waals surface area (Å²) in [5, 5.41) is 3.52. The first kappa shape index (κ1) is 14.3. The van der Waals surface area contributed by atoms with Crippen LogP contribution in [0.3, 0.4) is 0 Å². The highest BCUT2D eigenvalue weighted by Gasteiger charge is 2.32. The zero-order chi connectivity index (χ0) is 16.1. The molecule has 1 aromatic heterocycles. The molecule has 3 nitrogen and oxygen atoms in total. The molecule has 2 N–H and O–H groups in total. The van der Waals surface area contributed by atoms with Crippen molar-refractivity contribution in [2.45, 2.75) is 12.2 Å². The summed E-state index contributed by atoms with van der Waals surface area (Å²) in [5.41, 5.74) is 3.60. The van der Waals surface area contributed by atoms with Gasteiger partial charge in [-0.2, -0.15) is 0 Å². The number of carbonyl (C=O) groups excluding carboxylic acids is 1. The van der Waals surface area contributed by atoms with Gasteiger partial charge in [0.05, 0.1) is 6.04 Å². The molecule has 1 amide bonds. The first-order valence-electron chi connectivity index (χ1n) is 7.19. The molecule has 2 aromatic carbocycles. The predicted molar refractivity (Wildman–Crippen MR) is 87.4 cm³/mol. The second-order valence-corrected chi connectivity index (χ2v) is 5.94. The van der Waals surface area contributed by atoms with E-state index in [0.29, 0.717) is 22.6 Å². The van der Waals surface area contributed by atoms with E-state index in [4.69, 9.17) is 0 Å². The number of aromatic amines is 1. The molecule has 0 aliphatic carbocycles. The minimum Gasteiger partial charge on any atom is -0.358 e. The highest BCUT2D eigenvalue weighted by atomic mass is 31.0. The summed E-state index contributed by atoms with van der Waals surface area (Å²) in [6.07, 6.45) is 0.585. The third-order valence-electron chi connectivity index (χ3n) is 4.25. The van der Waals surface area contributed by atoms with Crippen LogP contribution in [-0.4, -0.2) is 10.9 Å². The molecule has 0 bridgehead atoms. The fourth-order valence-corrected chi connectivity index (χ4v) is 3.55. The van der Waals surface area contributed by atoms with Crippen molar-refractivity contribution in [3.8, 4) is 0 Å². The van der Waals surface area contributed by atoms with E-state index < -0.39 is 11.6 Å². The summed E-state index contributed by atoms with van der Waals surface area (Å²) >= 11 is 0. The minimum absolute atomic E-state index is 0.155. The highest BCUT2D eigenvalue weighted by molar-refractivity contribution is 7.15. The van der Waals surface area contributed by atoms with E-state index >= 15 is 0 Å². The number of carbonyl (C=O) groups is 1. The lowest BCUT2D eigenvalue weighted by Gasteiger charge is -2.13. The van der Waals surface area contributed by atoms with Crippen LogP contribution < -0.4 is 5.32 Å². The predicted octanol–water partition coefficient (Wildman–Crippen LogP) is 3.65. The van der Waals surface area contributed by atoms with Crippen LogP contribution in [0.5, 0.6) is 0 Å². The number of rotatable bonds is 2. The van der Waals surface area contributed by atoms with Crippen LogP contribution in [0.25, 0.3) is 10.9 Å². The maximum absolute atomic E-state index is 13.7. The Morgan fingerprint density at radius 1 is 1.13 bits per heavy atom. The van der Waals surface area contributed by atoms with Crippen LogP contribution in [-0.2, 0) is 6.16 Å². The summed E-state index contributed by atoms with van der Waals surface area (Å²) in [7, 11) is 2.60. The first-order chi connectivity index (χ1) is 11.1. The third kappa shape index (κ3) is 2.07. The van der Waals surface area contributed by atoms with Gasteiger partial charge in [0.25, 0.3) is 5.91 Å². The Balaban J connectivity index is 1.99.